The molecular weight excluding hydrogens is 534 g/mol. The highest BCUT2D eigenvalue weighted by molar-refractivity contribution is 5.78. The summed E-state index contributed by atoms with van der Waals surface area (Å²) in [6, 6.07) is 20.5. The Morgan fingerprint density at radius 2 is 1.79 bits per heavy atom. The molecule has 4 aromatic rings. The highest BCUT2D eigenvalue weighted by Gasteiger charge is 2.35. The summed E-state index contributed by atoms with van der Waals surface area (Å²) >= 11 is 0. The lowest BCUT2D eigenvalue weighted by Gasteiger charge is -2.28. The molecule has 0 unspecified atom stereocenters. The van der Waals surface area contributed by atoms with Crippen molar-refractivity contribution in [2.75, 3.05) is 20.3 Å². The zero-order valence-electron chi connectivity index (χ0n) is 23.7. The van der Waals surface area contributed by atoms with Gasteiger partial charge in [-0.25, -0.2) is 0 Å². The fraction of sp³-hybridized carbons (Fsp3) is 0.294. The smallest absolute Gasteiger partial charge is 0.312 e. The van der Waals surface area contributed by atoms with E-state index in [4.69, 9.17) is 18.9 Å². The van der Waals surface area contributed by atoms with Gasteiger partial charge in [-0.15, -0.1) is 0 Å². The molecule has 0 saturated heterocycles. The highest BCUT2D eigenvalue weighted by Crippen LogP contribution is 2.44. The zero-order chi connectivity index (χ0) is 29.2. The molecule has 0 amide bonds. The number of rotatable bonds is 9. The SMILES string of the molecule is COc1cccc([C@@H]2CC(=O)Oc3cc(C)n(CCc4ccc(O)cc4)c(=O)c32)c1OCCc1ccc2c(c1)CCO2. The predicted octanol–water partition coefficient (Wildman–Crippen LogP) is 5.11. The molecule has 2 aliphatic heterocycles. The van der Waals surface area contributed by atoms with Crippen LogP contribution in [0.2, 0.25) is 0 Å². The van der Waals surface area contributed by atoms with Crippen molar-refractivity contribution in [1.29, 1.82) is 0 Å². The minimum Gasteiger partial charge on any atom is -0.508 e. The number of aromatic hydroxyl groups is 1. The molecule has 216 valence electrons. The molecule has 0 bridgehead atoms. The van der Waals surface area contributed by atoms with Gasteiger partial charge in [0.05, 0.1) is 32.3 Å². The standard InChI is InChI=1S/C34H33NO7/c1-21-18-30-32(34(38)35(21)15-12-22-6-9-25(36)10-7-22)27(20-31(37)42-30)26-4-3-5-29(39-2)33(26)41-16-13-23-8-11-28-24(19-23)14-17-40-28/h3-11,18-19,27,36H,12-17,20H2,1-2H3/t27-/m0/s1. The molecule has 0 radical (unpaired) electrons. The molecular formula is C34H33NO7. The number of nitrogens with zero attached hydrogens (tertiary/aromatic N) is 1. The summed E-state index contributed by atoms with van der Waals surface area (Å²) in [5, 5.41) is 9.61. The minimum absolute atomic E-state index is 0.0115. The molecule has 1 aromatic heterocycles. The van der Waals surface area contributed by atoms with Crippen LogP contribution in [0.25, 0.3) is 0 Å². The number of phenolic OH excluding ortho intramolecular Hbond substituents is 1. The van der Waals surface area contributed by atoms with Gasteiger partial charge >= 0.3 is 5.97 Å². The Bertz CT molecular complexity index is 1690. The third-order valence-electron chi connectivity index (χ3n) is 8.01. The number of carbonyl (C=O) groups excluding carboxylic acids is 1. The van der Waals surface area contributed by atoms with Crippen molar-refractivity contribution >= 4 is 5.97 Å². The molecule has 0 spiro atoms. The van der Waals surface area contributed by atoms with Gasteiger partial charge in [0.15, 0.2) is 11.5 Å². The molecule has 6 rings (SSSR count). The van der Waals surface area contributed by atoms with Crippen LogP contribution in [0.3, 0.4) is 0 Å². The van der Waals surface area contributed by atoms with E-state index in [1.807, 2.05) is 49.4 Å². The second-order valence-corrected chi connectivity index (χ2v) is 10.7. The van der Waals surface area contributed by atoms with E-state index in [1.54, 1.807) is 29.9 Å². The number of carbonyl (C=O) groups is 1. The molecule has 1 atom stereocenters. The van der Waals surface area contributed by atoms with Gasteiger partial charge in [-0.1, -0.05) is 36.4 Å². The molecule has 3 aromatic carbocycles. The fourth-order valence-corrected chi connectivity index (χ4v) is 5.83. The predicted molar refractivity (Wildman–Crippen MR) is 157 cm³/mol. The van der Waals surface area contributed by atoms with Gasteiger partial charge in [0, 0.05) is 42.6 Å². The summed E-state index contributed by atoms with van der Waals surface area (Å²) < 4.78 is 24.9. The van der Waals surface area contributed by atoms with Crippen LogP contribution in [0.4, 0.5) is 0 Å². The first-order valence-corrected chi connectivity index (χ1v) is 14.2. The van der Waals surface area contributed by atoms with E-state index in [-0.39, 0.29) is 23.5 Å². The average molecular weight is 568 g/mol. The van der Waals surface area contributed by atoms with Gasteiger partial charge in [0.1, 0.15) is 17.2 Å². The summed E-state index contributed by atoms with van der Waals surface area (Å²) in [6.45, 7) is 3.38. The van der Waals surface area contributed by atoms with Crippen molar-refractivity contribution < 1.29 is 28.8 Å². The van der Waals surface area contributed by atoms with Gasteiger partial charge in [-0.05, 0) is 54.3 Å². The van der Waals surface area contributed by atoms with E-state index < -0.39 is 11.9 Å². The van der Waals surface area contributed by atoms with Crippen molar-refractivity contribution in [3.05, 3.63) is 111 Å². The van der Waals surface area contributed by atoms with E-state index in [0.29, 0.717) is 60.9 Å². The first-order valence-electron chi connectivity index (χ1n) is 14.2. The van der Waals surface area contributed by atoms with Crippen LogP contribution in [0.5, 0.6) is 28.7 Å². The number of methoxy groups -OCH3 is 1. The molecule has 0 saturated carbocycles. The summed E-state index contributed by atoms with van der Waals surface area (Å²) in [5.41, 5.74) is 5.00. The number of esters is 1. The van der Waals surface area contributed by atoms with Crippen molar-refractivity contribution in [1.82, 2.24) is 4.57 Å². The van der Waals surface area contributed by atoms with E-state index in [0.717, 1.165) is 23.3 Å². The lowest BCUT2D eigenvalue weighted by molar-refractivity contribution is -0.135. The van der Waals surface area contributed by atoms with Crippen molar-refractivity contribution in [2.45, 2.75) is 45.1 Å². The Hall–Kier alpha value is -4.72. The maximum absolute atomic E-state index is 14.0. The number of phenols is 1. The monoisotopic (exact) mass is 567 g/mol. The maximum Gasteiger partial charge on any atom is 0.312 e. The van der Waals surface area contributed by atoms with Gasteiger partial charge in [0.2, 0.25) is 0 Å². The van der Waals surface area contributed by atoms with Gasteiger partial charge in [0.25, 0.3) is 5.56 Å². The van der Waals surface area contributed by atoms with Gasteiger partial charge in [-0.3, -0.25) is 9.59 Å². The number of aryl methyl sites for hydroxylation is 2. The molecule has 0 aliphatic carbocycles. The molecule has 1 N–H and O–H groups in total. The molecule has 8 nitrogen and oxygen atoms in total. The van der Waals surface area contributed by atoms with Crippen molar-refractivity contribution in [3.8, 4) is 28.7 Å². The number of ether oxygens (including phenoxy) is 4. The topological polar surface area (TPSA) is 96.2 Å². The molecule has 8 heteroatoms. The molecule has 3 heterocycles. The number of pyridine rings is 1. The number of fused-ring (bicyclic) bond motifs is 2. The Morgan fingerprint density at radius 1 is 0.976 bits per heavy atom. The fourth-order valence-electron chi connectivity index (χ4n) is 5.83. The molecule has 42 heavy (non-hydrogen) atoms. The Balaban J connectivity index is 1.31. The summed E-state index contributed by atoms with van der Waals surface area (Å²) in [5.74, 6) is 1.52. The van der Waals surface area contributed by atoms with Crippen molar-refractivity contribution in [2.24, 2.45) is 0 Å². The van der Waals surface area contributed by atoms with Crippen molar-refractivity contribution in [3.63, 3.8) is 0 Å². The zero-order valence-corrected chi connectivity index (χ0v) is 23.7. The normalized spacial score (nSPS) is 15.4. The van der Waals surface area contributed by atoms with Crippen LogP contribution in [-0.4, -0.2) is 36.0 Å². The second kappa shape index (κ2) is 11.6. The Labute approximate surface area is 244 Å². The number of hydrogen-bond donors (Lipinski definition) is 1. The van der Waals surface area contributed by atoms with Crippen LogP contribution in [0.15, 0.2) is 71.5 Å². The van der Waals surface area contributed by atoms with Crippen LogP contribution in [0, 0.1) is 6.92 Å². The lowest BCUT2D eigenvalue weighted by Crippen LogP contribution is -2.33. The van der Waals surface area contributed by atoms with Crippen LogP contribution in [0.1, 0.15) is 45.8 Å². The highest BCUT2D eigenvalue weighted by atomic mass is 16.5. The maximum atomic E-state index is 14.0. The Kier molecular flexibility index (Phi) is 7.61. The van der Waals surface area contributed by atoms with Crippen LogP contribution in [-0.2, 0) is 30.6 Å². The largest absolute Gasteiger partial charge is 0.508 e. The number of para-hydroxylation sites is 1. The molecule has 0 fully saturated rings. The third-order valence-corrected chi connectivity index (χ3v) is 8.01. The van der Waals surface area contributed by atoms with E-state index >= 15 is 0 Å². The first-order chi connectivity index (χ1) is 20.4. The average Bonchev–Trinajstić information content (AvgIpc) is 3.45. The second-order valence-electron chi connectivity index (χ2n) is 10.7. The number of aromatic nitrogens is 1. The summed E-state index contributed by atoms with van der Waals surface area (Å²) in [4.78, 5) is 26.8. The quantitative estimate of drug-likeness (QED) is 0.281. The third kappa shape index (κ3) is 5.44. The van der Waals surface area contributed by atoms with E-state index in [2.05, 4.69) is 6.07 Å². The van der Waals surface area contributed by atoms with Gasteiger partial charge < -0.3 is 28.6 Å². The molecule has 2 aliphatic rings. The number of benzene rings is 3. The van der Waals surface area contributed by atoms with Crippen LogP contribution >= 0.6 is 0 Å². The Morgan fingerprint density at radius 3 is 2.60 bits per heavy atom. The van der Waals surface area contributed by atoms with E-state index in [1.165, 1.54) is 5.56 Å². The summed E-state index contributed by atoms with van der Waals surface area (Å²) in [7, 11) is 1.58. The first kappa shape index (κ1) is 27.4. The minimum atomic E-state index is -0.559. The summed E-state index contributed by atoms with van der Waals surface area (Å²) in [6.07, 6.45) is 2.20. The number of hydrogen-bond acceptors (Lipinski definition) is 7. The van der Waals surface area contributed by atoms with Gasteiger partial charge in [-0.2, -0.15) is 0 Å². The van der Waals surface area contributed by atoms with E-state index in [9.17, 15) is 14.7 Å². The van der Waals surface area contributed by atoms with Crippen LogP contribution < -0.4 is 24.5 Å². The lowest BCUT2D eigenvalue weighted by atomic mass is 9.86.